The Balaban J connectivity index is 1.56. The Labute approximate surface area is 228 Å². The molecule has 0 unspecified atom stereocenters. The summed E-state index contributed by atoms with van der Waals surface area (Å²) in [4.78, 5) is 33.7. The molecule has 0 aliphatic heterocycles. The fourth-order valence-electron chi connectivity index (χ4n) is 4.62. The lowest BCUT2D eigenvalue weighted by atomic mass is 10.1. The van der Waals surface area contributed by atoms with Crippen LogP contribution in [0.1, 0.15) is 27.9 Å². The summed E-state index contributed by atoms with van der Waals surface area (Å²) >= 11 is 0. The number of nitrogens with one attached hydrogen (secondary N) is 1. The number of aromatic amines is 1. The van der Waals surface area contributed by atoms with E-state index < -0.39 is 5.82 Å². The predicted octanol–water partition coefficient (Wildman–Crippen LogP) is 5.07. The zero-order valence-corrected chi connectivity index (χ0v) is 22.4. The Morgan fingerprint density at radius 3 is 2.38 bits per heavy atom. The number of fused-ring (bicyclic) bond motifs is 1. The summed E-state index contributed by atoms with van der Waals surface area (Å²) in [6.07, 6.45) is 3.19. The topological polar surface area (TPSA) is 74.9 Å². The van der Waals surface area contributed by atoms with Crippen molar-refractivity contribution in [3.05, 3.63) is 102 Å². The molecule has 0 fully saturated rings. The van der Waals surface area contributed by atoms with Gasteiger partial charge in [-0.3, -0.25) is 9.59 Å². The zero-order valence-electron chi connectivity index (χ0n) is 22.4. The van der Waals surface area contributed by atoms with Gasteiger partial charge in [0.05, 0.1) is 7.11 Å². The number of carbonyl (C=O) groups excluding carboxylic acids is 2. The van der Waals surface area contributed by atoms with Crippen LogP contribution in [0.4, 0.5) is 4.39 Å². The van der Waals surface area contributed by atoms with E-state index in [4.69, 9.17) is 9.47 Å². The van der Waals surface area contributed by atoms with Crippen LogP contribution in [0.15, 0.2) is 79.0 Å². The third-order valence-electron chi connectivity index (χ3n) is 6.71. The lowest BCUT2D eigenvalue weighted by Gasteiger charge is -2.28. The number of nitrogens with zero attached hydrogens (tertiary/aromatic N) is 2. The molecule has 0 saturated carbocycles. The van der Waals surface area contributed by atoms with Crippen LogP contribution in [0.5, 0.6) is 5.75 Å². The number of aromatic nitrogens is 1. The van der Waals surface area contributed by atoms with Crippen molar-refractivity contribution in [2.45, 2.75) is 19.4 Å². The number of hydrogen-bond donors (Lipinski definition) is 1. The number of rotatable bonds is 13. The second-order valence-corrected chi connectivity index (χ2v) is 9.32. The molecule has 3 aromatic carbocycles. The number of benzene rings is 3. The van der Waals surface area contributed by atoms with Crippen LogP contribution in [0.25, 0.3) is 10.9 Å². The van der Waals surface area contributed by atoms with Crippen molar-refractivity contribution in [1.29, 1.82) is 0 Å². The Bertz CT molecular complexity index is 1390. The van der Waals surface area contributed by atoms with Crippen LogP contribution in [-0.4, -0.2) is 67.1 Å². The SMILES string of the molecule is COCCCN(CC(=O)N(CCc1c[nH]c2ccccc12)Cc1ccccc1OC)C(=O)c1ccc(F)cc1. The van der Waals surface area contributed by atoms with Crippen LogP contribution in [-0.2, 0) is 22.5 Å². The molecule has 0 saturated heterocycles. The highest BCUT2D eigenvalue weighted by atomic mass is 19.1. The molecule has 0 spiro atoms. The van der Waals surface area contributed by atoms with Gasteiger partial charge in [0, 0.05) is 61.6 Å². The van der Waals surface area contributed by atoms with Gasteiger partial charge >= 0.3 is 0 Å². The molecule has 4 aromatic rings. The number of H-pyrrole nitrogens is 1. The van der Waals surface area contributed by atoms with Crippen molar-refractivity contribution in [2.24, 2.45) is 0 Å². The number of para-hydroxylation sites is 2. The van der Waals surface area contributed by atoms with Crippen molar-refractivity contribution < 1.29 is 23.5 Å². The second kappa shape index (κ2) is 13.6. The van der Waals surface area contributed by atoms with E-state index in [-0.39, 0.29) is 18.4 Å². The van der Waals surface area contributed by atoms with E-state index in [0.29, 0.717) is 50.4 Å². The van der Waals surface area contributed by atoms with Crippen LogP contribution >= 0.6 is 0 Å². The minimum atomic E-state index is -0.422. The van der Waals surface area contributed by atoms with Gasteiger partial charge in [-0.05, 0) is 54.8 Å². The van der Waals surface area contributed by atoms with E-state index in [1.807, 2.05) is 48.7 Å². The molecule has 1 N–H and O–H groups in total. The largest absolute Gasteiger partial charge is 0.496 e. The molecule has 1 aromatic heterocycles. The molecule has 0 atom stereocenters. The third-order valence-corrected chi connectivity index (χ3v) is 6.71. The highest BCUT2D eigenvalue weighted by molar-refractivity contribution is 5.96. The molecular formula is C31H34FN3O4. The first-order valence-corrected chi connectivity index (χ1v) is 13.0. The van der Waals surface area contributed by atoms with E-state index >= 15 is 0 Å². The minimum Gasteiger partial charge on any atom is -0.496 e. The van der Waals surface area contributed by atoms with Crippen LogP contribution in [0.2, 0.25) is 0 Å². The number of halogens is 1. The van der Waals surface area contributed by atoms with Crippen LogP contribution in [0, 0.1) is 5.82 Å². The molecule has 7 nitrogen and oxygen atoms in total. The fraction of sp³-hybridized carbons (Fsp3) is 0.290. The van der Waals surface area contributed by atoms with E-state index in [2.05, 4.69) is 11.1 Å². The first-order chi connectivity index (χ1) is 19.0. The summed E-state index contributed by atoms with van der Waals surface area (Å²) in [6, 6.07) is 21.0. The molecular weight excluding hydrogens is 497 g/mol. The summed E-state index contributed by atoms with van der Waals surface area (Å²) in [5.74, 6) is -0.238. The predicted molar refractivity (Wildman–Crippen MR) is 149 cm³/mol. The Kier molecular flexibility index (Phi) is 9.69. The molecule has 4 rings (SSSR count). The maximum Gasteiger partial charge on any atom is 0.254 e. The van der Waals surface area contributed by atoms with Crippen LogP contribution < -0.4 is 4.74 Å². The molecule has 39 heavy (non-hydrogen) atoms. The van der Waals surface area contributed by atoms with Gasteiger partial charge in [0.15, 0.2) is 0 Å². The normalized spacial score (nSPS) is 10.9. The molecule has 0 bridgehead atoms. The standard InChI is InChI=1S/C31H34FN3O4/c1-38-19-7-17-35(31(37)23-12-14-26(32)15-13-23)22-30(36)34(21-25-8-3-6-11-29(25)39-2)18-16-24-20-33-28-10-5-4-9-27(24)28/h3-6,8-15,20,33H,7,16-19,21-22H2,1-2H3. The lowest BCUT2D eigenvalue weighted by molar-refractivity contribution is -0.132. The Hall–Kier alpha value is -4.17. The van der Waals surface area contributed by atoms with Crippen molar-refractivity contribution in [2.75, 3.05) is 40.5 Å². The first-order valence-electron chi connectivity index (χ1n) is 13.0. The van der Waals surface area contributed by atoms with Crippen molar-refractivity contribution in [3.63, 3.8) is 0 Å². The smallest absolute Gasteiger partial charge is 0.254 e. The number of ether oxygens (including phenoxy) is 2. The van der Waals surface area contributed by atoms with Crippen LogP contribution in [0.3, 0.4) is 0 Å². The van der Waals surface area contributed by atoms with Gasteiger partial charge in [-0.2, -0.15) is 0 Å². The Morgan fingerprint density at radius 1 is 0.872 bits per heavy atom. The molecule has 2 amide bonds. The molecule has 8 heteroatoms. The molecule has 0 aliphatic carbocycles. The molecule has 0 radical (unpaired) electrons. The minimum absolute atomic E-state index is 0.108. The van der Waals surface area contributed by atoms with E-state index in [0.717, 1.165) is 22.0 Å². The summed E-state index contributed by atoms with van der Waals surface area (Å²) < 4.78 is 24.2. The zero-order chi connectivity index (χ0) is 27.6. The maximum atomic E-state index is 13.8. The van der Waals surface area contributed by atoms with Crippen molar-refractivity contribution in [3.8, 4) is 5.75 Å². The first kappa shape index (κ1) is 27.9. The average molecular weight is 532 g/mol. The number of amides is 2. The Morgan fingerprint density at radius 2 is 1.62 bits per heavy atom. The molecule has 1 heterocycles. The fourth-order valence-corrected chi connectivity index (χ4v) is 4.62. The van der Waals surface area contributed by atoms with Gasteiger partial charge in [-0.15, -0.1) is 0 Å². The summed E-state index contributed by atoms with van der Waals surface area (Å²) in [7, 11) is 3.20. The third kappa shape index (κ3) is 7.23. The van der Waals surface area contributed by atoms with E-state index in [1.54, 1.807) is 19.1 Å². The monoisotopic (exact) mass is 531 g/mol. The van der Waals surface area contributed by atoms with Gasteiger partial charge in [-0.1, -0.05) is 36.4 Å². The summed E-state index contributed by atoms with van der Waals surface area (Å²) in [5, 5.41) is 1.12. The van der Waals surface area contributed by atoms with Gasteiger partial charge in [-0.25, -0.2) is 4.39 Å². The number of methoxy groups -OCH3 is 2. The quantitative estimate of drug-likeness (QED) is 0.245. The van der Waals surface area contributed by atoms with E-state index in [9.17, 15) is 14.0 Å². The van der Waals surface area contributed by atoms with Gasteiger partial charge < -0.3 is 24.3 Å². The van der Waals surface area contributed by atoms with Crippen molar-refractivity contribution in [1.82, 2.24) is 14.8 Å². The molecule has 204 valence electrons. The second-order valence-electron chi connectivity index (χ2n) is 9.32. The maximum absolute atomic E-state index is 13.8. The number of carbonyl (C=O) groups is 2. The van der Waals surface area contributed by atoms with Gasteiger partial charge in [0.25, 0.3) is 5.91 Å². The van der Waals surface area contributed by atoms with Crippen molar-refractivity contribution >= 4 is 22.7 Å². The lowest BCUT2D eigenvalue weighted by Crippen LogP contribution is -2.44. The van der Waals surface area contributed by atoms with Gasteiger partial charge in [0.2, 0.25) is 5.91 Å². The highest BCUT2D eigenvalue weighted by Gasteiger charge is 2.23. The summed E-state index contributed by atoms with van der Waals surface area (Å²) in [6.45, 7) is 1.47. The summed E-state index contributed by atoms with van der Waals surface area (Å²) in [5.41, 5.74) is 3.37. The average Bonchev–Trinajstić information content (AvgIpc) is 3.38. The molecule has 0 aliphatic rings. The van der Waals surface area contributed by atoms with Gasteiger partial charge in [0.1, 0.15) is 18.1 Å². The number of hydrogen-bond acceptors (Lipinski definition) is 4. The van der Waals surface area contributed by atoms with E-state index in [1.165, 1.54) is 29.2 Å². The highest BCUT2D eigenvalue weighted by Crippen LogP contribution is 2.22.